The number of amides is 3. The van der Waals surface area contributed by atoms with Crippen molar-refractivity contribution in [2.75, 3.05) is 33.0 Å². The van der Waals surface area contributed by atoms with E-state index in [1.54, 1.807) is 0 Å². The fourth-order valence-corrected chi connectivity index (χ4v) is 4.50. The molecule has 0 aromatic heterocycles. The Kier molecular flexibility index (Phi) is 26.8. The van der Waals surface area contributed by atoms with Crippen LogP contribution in [0, 0.1) is 29.6 Å². The van der Waals surface area contributed by atoms with Gasteiger partial charge in [-0.05, 0) is 55.3 Å². The molecule has 4 atom stereocenters. The molecule has 0 spiro atoms. The van der Waals surface area contributed by atoms with E-state index in [9.17, 15) is 38.4 Å². The van der Waals surface area contributed by atoms with Gasteiger partial charge in [0.25, 0.3) is 0 Å². The summed E-state index contributed by atoms with van der Waals surface area (Å²) in [6, 6.07) is -4.74. The minimum Gasteiger partial charge on any atom is -0.465 e. The molecular weight excluding hydrogens is 744 g/mol. The van der Waals surface area contributed by atoms with Gasteiger partial charge in [0.15, 0.2) is 0 Å². The van der Waals surface area contributed by atoms with Gasteiger partial charge in [-0.2, -0.15) is 0 Å². The minimum absolute atomic E-state index is 0.00884. The van der Waals surface area contributed by atoms with E-state index in [4.69, 9.17) is 29.4 Å². The Morgan fingerprint density at radius 2 is 0.649 bits per heavy atom. The molecule has 0 aromatic rings. The quantitative estimate of drug-likeness (QED) is 0.0627. The van der Waals surface area contributed by atoms with E-state index < -0.39 is 71.7 Å². The van der Waals surface area contributed by atoms with Crippen molar-refractivity contribution >= 4 is 47.6 Å². The summed E-state index contributed by atoms with van der Waals surface area (Å²) in [5, 5.41) is 7.68. The molecule has 0 heterocycles. The smallest absolute Gasteiger partial charge is 0.328 e. The van der Waals surface area contributed by atoms with Crippen molar-refractivity contribution < 1.29 is 62.0 Å². The average Bonchev–Trinajstić information content (AvgIpc) is 3.13. The highest BCUT2D eigenvalue weighted by molar-refractivity contribution is 5.88. The maximum Gasteiger partial charge on any atom is 0.328 e. The lowest BCUT2D eigenvalue weighted by Gasteiger charge is -2.21. The number of hydrogen-bond acceptors (Lipinski definition) is 14. The summed E-state index contributed by atoms with van der Waals surface area (Å²) in [6.07, 6.45) is -1.55. The van der Waals surface area contributed by atoms with E-state index in [0.29, 0.717) is 0 Å². The van der Waals surface area contributed by atoms with Crippen LogP contribution in [-0.2, 0) is 62.0 Å². The first-order valence-corrected chi connectivity index (χ1v) is 20.1. The van der Waals surface area contributed by atoms with Crippen molar-refractivity contribution in [1.82, 2.24) is 16.0 Å². The number of esters is 5. The van der Waals surface area contributed by atoms with Gasteiger partial charge < -0.3 is 45.4 Å². The summed E-state index contributed by atoms with van der Waals surface area (Å²) >= 11 is 0. The number of rotatable bonds is 29. The van der Waals surface area contributed by atoms with Gasteiger partial charge in [0.1, 0.15) is 24.2 Å². The predicted molar refractivity (Wildman–Crippen MR) is 210 cm³/mol. The summed E-state index contributed by atoms with van der Waals surface area (Å²) in [7, 11) is 0. The second-order valence-corrected chi connectivity index (χ2v) is 16.3. The number of nitrogens with one attached hydrogen (secondary N) is 3. The maximum atomic E-state index is 13.2. The lowest BCUT2D eigenvalue weighted by atomic mass is 10.1. The normalized spacial score (nSPS) is 13.4. The predicted octanol–water partition coefficient (Wildman–Crippen LogP) is 2.88. The SMILES string of the molecule is CC(C)COC(=O)CC[C@H](NC(=O)CC[C@H](NC(=O)CC[C@H](NC(=O)CC[C@H](N)C(=O)OCC(C)C)C(=O)OCC(C)C)C(=O)OCC(C)C)C(=O)OCC(C)C. The van der Waals surface area contributed by atoms with Crippen molar-refractivity contribution in [3.8, 4) is 0 Å². The first-order chi connectivity index (χ1) is 26.6. The highest BCUT2D eigenvalue weighted by Gasteiger charge is 2.29. The second kappa shape index (κ2) is 29.0. The molecule has 5 N–H and O–H groups in total. The molecule has 0 fully saturated rings. The molecular formula is C40H70N4O13. The highest BCUT2D eigenvalue weighted by atomic mass is 16.5. The Bertz CT molecular complexity index is 1290. The lowest BCUT2D eigenvalue weighted by Crippen LogP contribution is -2.46. The molecule has 57 heavy (non-hydrogen) atoms. The van der Waals surface area contributed by atoms with Crippen molar-refractivity contribution in [3.05, 3.63) is 0 Å². The number of carbonyl (C=O) groups is 8. The molecule has 0 aromatic carbocycles. The third-order valence-electron chi connectivity index (χ3n) is 7.62. The van der Waals surface area contributed by atoms with Crippen molar-refractivity contribution in [3.63, 3.8) is 0 Å². The van der Waals surface area contributed by atoms with Gasteiger partial charge in [-0.1, -0.05) is 69.2 Å². The summed E-state index contributed by atoms with van der Waals surface area (Å²) in [6.45, 7) is 19.1. The molecule has 0 aliphatic rings. The Morgan fingerprint density at radius 1 is 0.386 bits per heavy atom. The van der Waals surface area contributed by atoms with Crippen LogP contribution < -0.4 is 21.7 Å². The Hall–Kier alpha value is -4.28. The van der Waals surface area contributed by atoms with E-state index >= 15 is 0 Å². The third-order valence-corrected chi connectivity index (χ3v) is 7.62. The molecule has 17 nitrogen and oxygen atoms in total. The zero-order chi connectivity index (χ0) is 43.7. The Balaban J connectivity index is 5.71. The fourth-order valence-electron chi connectivity index (χ4n) is 4.50. The van der Waals surface area contributed by atoms with Crippen LogP contribution in [-0.4, -0.2) is 105 Å². The van der Waals surface area contributed by atoms with Crippen LogP contribution in [0.5, 0.6) is 0 Å². The van der Waals surface area contributed by atoms with E-state index in [2.05, 4.69) is 16.0 Å². The van der Waals surface area contributed by atoms with Crippen LogP contribution in [0.15, 0.2) is 0 Å². The lowest BCUT2D eigenvalue weighted by molar-refractivity contribution is -0.151. The fraction of sp³-hybridized carbons (Fsp3) is 0.800. The maximum absolute atomic E-state index is 13.2. The zero-order valence-electron chi connectivity index (χ0n) is 35.8. The van der Waals surface area contributed by atoms with E-state index in [1.165, 1.54) is 0 Å². The Morgan fingerprint density at radius 3 is 0.965 bits per heavy atom. The van der Waals surface area contributed by atoms with Crippen molar-refractivity contribution in [2.45, 2.75) is 145 Å². The van der Waals surface area contributed by atoms with Gasteiger partial charge in [-0.25, -0.2) is 14.4 Å². The average molecular weight is 815 g/mol. The first-order valence-electron chi connectivity index (χ1n) is 20.1. The van der Waals surface area contributed by atoms with Crippen molar-refractivity contribution in [1.29, 1.82) is 0 Å². The van der Waals surface area contributed by atoms with E-state index in [-0.39, 0.29) is 114 Å². The molecule has 0 unspecified atom stereocenters. The summed E-state index contributed by atoms with van der Waals surface area (Å²) < 4.78 is 26.3. The first kappa shape index (κ1) is 52.7. The molecule has 0 saturated carbocycles. The number of ether oxygens (including phenoxy) is 5. The van der Waals surface area contributed by atoms with Gasteiger partial charge in [-0.15, -0.1) is 0 Å². The third kappa shape index (κ3) is 27.1. The topological polar surface area (TPSA) is 245 Å². The van der Waals surface area contributed by atoms with Crippen molar-refractivity contribution in [2.24, 2.45) is 35.3 Å². The molecule has 0 aliphatic carbocycles. The molecule has 0 radical (unpaired) electrons. The van der Waals surface area contributed by atoms with Crippen LogP contribution in [0.2, 0.25) is 0 Å². The summed E-state index contributed by atoms with van der Waals surface area (Å²) in [5.41, 5.74) is 5.88. The van der Waals surface area contributed by atoms with Gasteiger partial charge in [0.2, 0.25) is 17.7 Å². The monoisotopic (exact) mass is 814 g/mol. The van der Waals surface area contributed by atoms with Crippen LogP contribution in [0.25, 0.3) is 0 Å². The number of carbonyl (C=O) groups excluding carboxylic acids is 8. The molecule has 17 heteroatoms. The minimum atomic E-state index is -1.28. The van der Waals surface area contributed by atoms with E-state index in [1.807, 2.05) is 69.2 Å². The molecule has 0 saturated heterocycles. The van der Waals surface area contributed by atoms with E-state index in [0.717, 1.165) is 0 Å². The molecule has 0 bridgehead atoms. The molecule has 0 aliphatic heterocycles. The Labute approximate surface area is 338 Å². The van der Waals surface area contributed by atoms with Crippen LogP contribution in [0.4, 0.5) is 0 Å². The molecule has 0 rings (SSSR count). The van der Waals surface area contributed by atoms with Gasteiger partial charge in [0, 0.05) is 25.7 Å². The van der Waals surface area contributed by atoms with Gasteiger partial charge >= 0.3 is 29.8 Å². The summed E-state index contributed by atoms with van der Waals surface area (Å²) in [4.78, 5) is 102. The zero-order valence-corrected chi connectivity index (χ0v) is 35.8. The van der Waals surface area contributed by atoms with Crippen LogP contribution in [0.3, 0.4) is 0 Å². The number of hydrogen-bond donors (Lipinski definition) is 4. The molecule has 3 amide bonds. The standard InChI is InChI=1S/C40H70N4O13/c1-24(2)19-53-36(48)18-14-32(40(52)57-23-28(9)10)44-35(47)17-13-31(39(51)56-22-27(7)8)43-34(46)16-12-30(38(50)55-21-26(5)6)42-33(45)15-11-29(41)37(49)54-20-25(3)4/h24-32H,11-23,41H2,1-10H3,(H,42,45)(H,43,46)(H,44,47)/t29-,30-,31-,32-/m0/s1. The van der Waals surface area contributed by atoms with Crippen LogP contribution in [0.1, 0.15) is 121 Å². The van der Waals surface area contributed by atoms with Crippen LogP contribution >= 0.6 is 0 Å². The summed E-state index contributed by atoms with van der Waals surface area (Å²) in [5.74, 6) is -5.20. The highest BCUT2D eigenvalue weighted by Crippen LogP contribution is 2.10. The molecule has 328 valence electrons. The van der Waals surface area contributed by atoms with Gasteiger partial charge in [-0.3, -0.25) is 24.0 Å². The second-order valence-electron chi connectivity index (χ2n) is 16.3. The largest absolute Gasteiger partial charge is 0.465 e. The van der Waals surface area contributed by atoms with Gasteiger partial charge in [0.05, 0.1) is 33.0 Å². The number of nitrogens with two attached hydrogens (primary N) is 1.